The van der Waals surface area contributed by atoms with Gasteiger partial charge < -0.3 is 10.6 Å². The molecule has 0 atom stereocenters. The summed E-state index contributed by atoms with van der Waals surface area (Å²) in [5.74, 6) is 0.352. The topological polar surface area (TPSA) is 66.9 Å². The second-order valence-electron chi connectivity index (χ2n) is 7.80. The number of fused-ring (bicyclic) bond motifs is 1. The highest BCUT2D eigenvalue weighted by atomic mass is 16.1. The van der Waals surface area contributed by atoms with Gasteiger partial charge in [0.1, 0.15) is 0 Å². The second-order valence-corrected chi connectivity index (χ2v) is 7.80. The molecular weight excluding hydrogens is 408 g/mol. The van der Waals surface area contributed by atoms with Crippen molar-refractivity contribution in [2.45, 2.75) is 6.92 Å². The van der Waals surface area contributed by atoms with Crippen LogP contribution in [0.2, 0.25) is 0 Å². The highest BCUT2D eigenvalue weighted by molar-refractivity contribution is 6.04. The number of carbonyl (C=O) groups is 1. The Bertz CT molecular complexity index is 1420. The summed E-state index contributed by atoms with van der Waals surface area (Å²) < 4.78 is 0. The van der Waals surface area contributed by atoms with E-state index in [0.29, 0.717) is 11.5 Å². The first-order valence-corrected chi connectivity index (χ1v) is 10.7. The molecule has 33 heavy (non-hydrogen) atoms. The van der Waals surface area contributed by atoms with E-state index in [1.54, 1.807) is 12.1 Å². The van der Waals surface area contributed by atoms with Crippen molar-refractivity contribution in [3.63, 3.8) is 0 Å². The number of aryl methyl sites for hydroxylation is 1. The fourth-order valence-corrected chi connectivity index (χ4v) is 3.67. The lowest BCUT2D eigenvalue weighted by atomic mass is 10.1. The van der Waals surface area contributed by atoms with E-state index in [2.05, 4.69) is 35.8 Å². The molecule has 0 bridgehead atoms. The summed E-state index contributed by atoms with van der Waals surface area (Å²) in [4.78, 5) is 22.0. The Labute approximate surface area is 192 Å². The number of hydrogen-bond acceptors (Lipinski definition) is 4. The van der Waals surface area contributed by atoms with Gasteiger partial charge in [0.05, 0.1) is 11.2 Å². The summed E-state index contributed by atoms with van der Waals surface area (Å²) in [6.07, 6.45) is 0. The second kappa shape index (κ2) is 8.93. The molecule has 1 amide bonds. The summed E-state index contributed by atoms with van der Waals surface area (Å²) >= 11 is 0. The van der Waals surface area contributed by atoms with Crippen molar-refractivity contribution in [3.8, 4) is 11.3 Å². The van der Waals surface area contributed by atoms with Gasteiger partial charge in [-0.05, 0) is 55.0 Å². The zero-order valence-electron chi connectivity index (χ0n) is 18.1. The summed E-state index contributed by atoms with van der Waals surface area (Å²) in [6, 6.07) is 33.0. The predicted molar refractivity (Wildman–Crippen MR) is 134 cm³/mol. The molecular formula is C28H22N4O. The average molecular weight is 431 g/mol. The SMILES string of the molecule is Cc1ccc2c(-c3ccccc3)nc(Nc3ccc(C(=O)Nc4ccccc4)cc3)nc2c1. The maximum Gasteiger partial charge on any atom is 0.255 e. The number of benzene rings is 4. The van der Waals surface area contributed by atoms with Crippen molar-refractivity contribution >= 4 is 34.1 Å². The number of hydrogen-bond donors (Lipinski definition) is 2. The number of carbonyl (C=O) groups excluding carboxylic acids is 1. The van der Waals surface area contributed by atoms with E-state index in [4.69, 9.17) is 9.97 Å². The maximum absolute atomic E-state index is 12.5. The molecule has 0 saturated heterocycles. The average Bonchev–Trinajstić information content (AvgIpc) is 2.85. The van der Waals surface area contributed by atoms with E-state index < -0.39 is 0 Å². The molecule has 0 aliphatic heterocycles. The molecule has 0 saturated carbocycles. The maximum atomic E-state index is 12.5. The van der Waals surface area contributed by atoms with Crippen molar-refractivity contribution in [3.05, 3.63) is 114 Å². The molecule has 4 aromatic carbocycles. The van der Waals surface area contributed by atoms with Crippen LogP contribution in [0, 0.1) is 6.92 Å². The van der Waals surface area contributed by atoms with E-state index in [1.165, 1.54) is 0 Å². The van der Waals surface area contributed by atoms with Crippen molar-refractivity contribution in [1.82, 2.24) is 9.97 Å². The number of nitrogens with zero attached hydrogens (tertiary/aromatic N) is 2. The Morgan fingerprint density at radius 1 is 0.727 bits per heavy atom. The van der Waals surface area contributed by atoms with Crippen LogP contribution in [0.3, 0.4) is 0 Å². The van der Waals surface area contributed by atoms with Gasteiger partial charge in [0.25, 0.3) is 5.91 Å². The van der Waals surface area contributed by atoms with Gasteiger partial charge >= 0.3 is 0 Å². The van der Waals surface area contributed by atoms with E-state index in [9.17, 15) is 4.79 Å². The first-order chi connectivity index (χ1) is 16.2. The zero-order valence-corrected chi connectivity index (χ0v) is 18.1. The van der Waals surface area contributed by atoms with Crippen LogP contribution < -0.4 is 10.6 Å². The van der Waals surface area contributed by atoms with Crippen LogP contribution in [0.4, 0.5) is 17.3 Å². The molecule has 160 valence electrons. The molecule has 5 nitrogen and oxygen atoms in total. The van der Waals surface area contributed by atoms with Crippen molar-refractivity contribution < 1.29 is 4.79 Å². The number of rotatable bonds is 5. The van der Waals surface area contributed by atoms with Gasteiger partial charge in [-0.3, -0.25) is 4.79 Å². The molecule has 0 radical (unpaired) electrons. The number of anilines is 3. The van der Waals surface area contributed by atoms with Gasteiger partial charge in [0, 0.05) is 27.9 Å². The third-order valence-corrected chi connectivity index (χ3v) is 5.33. The molecule has 0 unspecified atom stereocenters. The van der Waals surface area contributed by atoms with Gasteiger partial charge in [-0.1, -0.05) is 60.7 Å². The minimum absolute atomic E-state index is 0.156. The Kier molecular flexibility index (Phi) is 5.52. The monoisotopic (exact) mass is 430 g/mol. The molecule has 0 aliphatic carbocycles. The molecule has 2 N–H and O–H groups in total. The minimum Gasteiger partial charge on any atom is -0.324 e. The number of amides is 1. The molecule has 0 aliphatic rings. The fourth-order valence-electron chi connectivity index (χ4n) is 3.67. The van der Waals surface area contributed by atoms with E-state index >= 15 is 0 Å². The van der Waals surface area contributed by atoms with Gasteiger partial charge in [-0.25, -0.2) is 9.97 Å². The van der Waals surface area contributed by atoms with Gasteiger partial charge in [0.15, 0.2) is 0 Å². The molecule has 0 fully saturated rings. The van der Waals surface area contributed by atoms with Crippen LogP contribution in [0.5, 0.6) is 0 Å². The Morgan fingerprint density at radius 3 is 2.15 bits per heavy atom. The number of nitrogens with one attached hydrogen (secondary N) is 2. The molecule has 1 aromatic heterocycles. The van der Waals surface area contributed by atoms with Crippen LogP contribution in [0.15, 0.2) is 103 Å². The summed E-state index contributed by atoms with van der Waals surface area (Å²) in [6.45, 7) is 2.05. The normalized spacial score (nSPS) is 10.7. The quantitative estimate of drug-likeness (QED) is 0.330. The lowest BCUT2D eigenvalue weighted by Gasteiger charge is -2.11. The van der Waals surface area contributed by atoms with Crippen LogP contribution in [-0.2, 0) is 0 Å². The van der Waals surface area contributed by atoms with E-state index in [-0.39, 0.29) is 5.91 Å². The molecule has 0 spiro atoms. The molecule has 1 heterocycles. The fraction of sp³-hybridized carbons (Fsp3) is 0.0357. The first-order valence-electron chi connectivity index (χ1n) is 10.7. The smallest absolute Gasteiger partial charge is 0.255 e. The molecule has 5 rings (SSSR count). The first kappa shape index (κ1) is 20.4. The lowest BCUT2D eigenvalue weighted by Crippen LogP contribution is -2.11. The van der Waals surface area contributed by atoms with Crippen LogP contribution >= 0.6 is 0 Å². The van der Waals surface area contributed by atoms with Crippen molar-refractivity contribution in [2.75, 3.05) is 10.6 Å². The number of aromatic nitrogens is 2. The largest absolute Gasteiger partial charge is 0.324 e. The van der Waals surface area contributed by atoms with Crippen molar-refractivity contribution in [1.29, 1.82) is 0 Å². The highest BCUT2D eigenvalue weighted by Gasteiger charge is 2.11. The Morgan fingerprint density at radius 2 is 1.42 bits per heavy atom. The Hall–Kier alpha value is -4.51. The minimum atomic E-state index is -0.156. The third-order valence-electron chi connectivity index (χ3n) is 5.33. The van der Waals surface area contributed by atoms with E-state index in [0.717, 1.165) is 39.1 Å². The van der Waals surface area contributed by atoms with Crippen LogP contribution in [0.1, 0.15) is 15.9 Å². The van der Waals surface area contributed by atoms with Crippen LogP contribution in [0.25, 0.3) is 22.2 Å². The lowest BCUT2D eigenvalue weighted by molar-refractivity contribution is 0.102. The van der Waals surface area contributed by atoms with Crippen LogP contribution in [-0.4, -0.2) is 15.9 Å². The number of para-hydroxylation sites is 1. The van der Waals surface area contributed by atoms with Gasteiger partial charge in [0.2, 0.25) is 5.95 Å². The van der Waals surface area contributed by atoms with E-state index in [1.807, 2.05) is 72.8 Å². The van der Waals surface area contributed by atoms with Gasteiger partial charge in [-0.2, -0.15) is 0 Å². The molecule has 5 heteroatoms. The van der Waals surface area contributed by atoms with Crippen molar-refractivity contribution in [2.24, 2.45) is 0 Å². The zero-order chi connectivity index (χ0) is 22.6. The standard InChI is InChI=1S/C28H22N4O/c1-19-12-17-24-25(18-19)31-28(32-26(24)20-8-4-2-5-9-20)30-23-15-13-21(14-16-23)27(33)29-22-10-6-3-7-11-22/h2-18H,1H3,(H,29,33)(H,30,31,32). The summed E-state index contributed by atoms with van der Waals surface area (Å²) in [5, 5.41) is 7.19. The summed E-state index contributed by atoms with van der Waals surface area (Å²) in [7, 11) is 0. The molecule has 5 aromatic rings. The highest BCUT2D eigenvalue weighted by Crippen LogP contribution is 2.29. The van der Waals surface area contributed by atoms with Gasteiger partial charge in [-0.15, -0.1) is 0 Å². The third kappa shape index (κ3) is 4.57. The Balaban J connectivity index is 1.42. The predicted octanol–water partition coefficient (Wildman–Crippen LogP) is 6.60. The summed E-state index contributed by atoms with van der Waals surface area (Å²) in [5.41, 5.74) is 6.07.